The first-order valence-electron chi connectivity index (χ1n) is 5.11. The molecule has 0 aliphatic heterocycles. The zero-order valence-electron chi connectivity index (χ0n) is 9.04. The SMILES string of the molecule is Cc1ccc2c(Cl)c3sccc3nc2c1C. The molecule has 0 saturated heterocycles. The van der Waals surface area contributed by atoms with Gasteiger partial charge in [-0.25, -0.2) is 4.98 Å². The zero-order chi connectivity index (χ0) is 11.3. The van der Waals surface area contributed by atoms with Gasteiger partial charge in [0.1, 0.15) is 0 Å². The molecule has 1 nitrogen and oxygen atoms in total. The highest BCUT2D eigenvalue weighted by atomic mass is 35.5. The molecule has 80 valence electrons. The molecule has 0 amide bonds. The van der Waals surface area contributed by atoms with Crippen LogP contribution in [0.15, 0.2) is 23.6 Å². The molecule has 2 aromatic heterocycles. The van der Waals surface area contributed by atoms with Gasteiger partial charge in [0.05, 0.1) is 20.8 Å². The van der Waals surface area contributed by atoms with Crippen molar-refractivity contribution >= 4 is 44.1 Å². The minimum Gasteiger partial charge on any atom is -0.247 e. The summed E-state index contributed by atoms with van der Waals surface area (Å²) < 4.78 is 1.08. The van der Waals surface area contributed by atoms with Crippen molar-refractivity contribution in [3.63, 3.8) is 0 Å². The summed E-state index contributed by atoms with van der Waals surface area (Å²) in [6.07, 6.45) is 0. The summed E-state index contributed by atoms with van der Waals surface area (Å²) in [4.78, 5) is 4.68. The quantitative estimate of drug-likeness (QED) is 0.560. The Labute approximate surface area is 103 Å². The third-order valence-corrected chi connectivity index (χ3v) is 4.44. The monoisotopic (exact) mass is 247 g/mol. The van der Waals surface area contributed by atoms with Crippen molar-refractivity contribution in [3.05, 3.63) is 39.7 Å². The van der Waals surface area contributed by atoms with Crippen LogP contribution >= 0.6 is 22.9 Å². The van der Waals surface area contributed by atoms with Crippen LogP contribution in [0.1, 0.15) is 11.1 Å². The molecule has 0 spiro atoms. The molecule has 0 N–H and O–H groups in total. The lowest BCUT2D eigenvalue weighted by Gasteiger charge is -2.07. The van der Waals surface area contributed by atoms with Crippen molar-refractivity contribution in [3.8, 4) is 0 Å². The van der Waals surface area contributed by atoms with Crippen molar-refractivity contribution < 1.29 is 0 Å². The summed E-state index contributed by atoms with van der Waals surface area (Å²) >= 11 is 8.05. The number of benzene rings is 1. The van der Waals surface area contributed by atoms with Crippen molar-refractivity contribution in [1.82, 2.24) is 4.98 Å². The summed E-state index contributed by atoms with van der Waals surface area (Å²) in [6.45, 7) is 4.20. The fourth-order valence-corrected chi connectivity index (χ4v) is 3.08. The van der Waals surface area contributed by atoms with Crippen LogP contribution in [0, 0.1) is 13.8 Å². The van der Waals surface area contributed by atoms with E-state index < -0.39 is 0 Å². The number of pyridine rings is 1. The van der Waals surface area contributed by atoms with Crippen LogP contribution in [-0.4, -0.2) is 4.98 Å². The maximum absolute atomic E-state index is 6.41. The Morgan fingerprint density at radius 3 is 2.81 bits per heavy atom. The maximum Gasteiger partial charge on any atom is 0.0832 e. The molecule has 16 heavy (non-hydrogen) atoms. The lowest BCUT2D eigenvalue weighted by molar-refractivity contribution is 1.34. The van der Waals surface area contributed by atoms with Gasteiger partial charge in [-0.05, 0) is 36.4 Å². The Kier molecular flexibility index (Phi) is 2.16. The van der Waals surface area contributed by atoms with Gasteiger partial charge in [-0.1, -0.05) is 23.7 Å². The fourth-order valence-electron chi connectivity index (χ4n) is 1.92. The van der Waals surface area contributed by atoms with Crippen molar-refractivity contribution in [2.45, 2.75) is 13.8 Å². The second-order valence-corrected chi connectivity index (χ2v) is 5.26. The van der Waals surface area contributed by atoms with E-state index >= 15 is 0 Å². The van der Waals surface area contributed by atoms with E-state index in [4.69, 9.17) is 11.6 Å². The second kappa shape index (κ2) is 3.44. The van der Waals surface area contributed by atoms with Gasteiger partial charge < -0.3 is 0 Å². The van der Waals surface area contributed by atoms with E-state index in [0.717, 1.165) is 26.1 Å². The minimum absolute atomic E-state index is 0.832. The molecule has 0 unspecified atom stereocenters. The fraction of sp³-hybridized carbons (Fsp3) is 0.154. The number of aryl methyl sites for hydroxylation is 2. The normalized spacial score (nSPS) is 11.4. The van der Waals surface area contributed by atoms with E-state index in [1.165, 1.54) is 11.1 Å². The lowest BCUT2D eigenvalue weighted by Crippen LogP contribution is -1.88. The molecule has 0 bridgehead atoms. The highest BCUT2D eigenvalue weighted by molar-refractivity contribution is 7.17. The molecule has 0 saturated carbocycles. The van der Waals surface area contributed by atoms with Gasteiger partial charge in [0.15, 0.2) is 0 Å². The topological polar surface area (TPSA) is 12.9 Å². The second-order valence-electron chi connectivity index (χ2n) is 3.96. The van der Waals surface area contributed by atoms with Gasteiger partial charge in [-0.15, -0.1) is 11.3 Å². The molecule has 0 aliphatic rings. The molecule has 0 radical (unpaired) electrons. The Balaban J connectivity index is 2.61. The predicted octanol–water partition coefficient (Wildman–Crippen LogP) is 4.72. The van der Waals surface area contributed by atoms with Gasteiger partial charge in [-0.2, -0.15) is 0 Å². The first-order valence-corrected chi connectivity index (χ1v) is 6.37. The molecule has 2 heterocycles. The summed E-state index contributed by atoms with van der Waals surface area (Å²) in [5.74, 6) is 0. The van der Waals surface area contributed by atoms with E-state index in [9.17, 15) is 0 Å². The van der Waals surface area contributed by atoms with E-state index in [2.05, 4.69) is 31.0 Å². The van der Waals surface area contributed by atoms with Gasteiger partial charge >= 0.3 is 0 Å². The van der Waals surface area contributed by atoms with Gasteiger partial charge in [0, 0.05) is 5.39 Å². The number of rotatable bonds is 0. The number of fused-ring (bicyclic) bond motifs is 2. The maximum atomic E-state index is 6.41. The molecule has 1 aromatic carbocycles. The third-order valence-electron chi connectivity index (χ3n) is 3.01. The van der Waals surface area contributed by atoms with Crippen LogP contribution in [0.5, 0.6) is 0 Å². The lowest BCUT2D eigenvalue weighted by atomic mass is 10.1. The van der Waals surface area contributed by atoms with E-state index in [1.807, 2.05) is 11.4 Å². The number of nitrogens with zero attached hydrogens (tertiary/aromatic N) is 1. The van der Waals surface area contributed by atoms with Crippen LogP contribution < -0.4 is 0 Å². The molecule has 3 rings (SSSR count). The standard InChI is InChI=1S/C13H10ClNS/c1-7-3-4-9-11(14)13-10(5-6-16-13)15-12(9)8(7)2/h3-6H,1-2H3. The van der Waals surface area contributed by atoms with Gasteiger partial charge in [-0.3, -0.25) is 0 Å². The molecular formula is C13H10ClNS. The van der Waals surface area contributed by atoms with Crippen molar-refractivity contribution in [2.24, 2.45) is 0 Å². The molecule has 0 aliphatic carbocycles. The highest BCUT2D eigenvalue weighted by Crippen LogP contribution is 2.35. The van der Waals surface area contributed by atoms with Crippen molar-refractivity contribution in [2.75, 3.05) is 0 Å². The zero-order valence-corrected chi connectivity index (χ0v) is 10.6. The van der Waals surface area contributed by atoms with Crippen LogP contribution in [0.3, 0.4) is 0 Å². The Bertz CT molecular complexity index is 700. The summed E-state index contributed by atoms with van der Waals surface area (Å²) in [6, 6.07) is 6.18. The number of hydrogen-bond donors (Lipinski definition) is 0. The first kappa shape index (κ1) is 10.1. The largest absolute Gasteiger partial charge is 0.247 e. The van der Waals surface area contributed by atoms with Crippen LogP contribution in [-0.2, 0) is 0 Å². The number of halogens is 1. The smallest absolute Gasteiger partial charge is 0.0832 e. The van der Waals surface area contributed by atoms with E-state index in [-0.39, 0.29) is 0 Å². The molecular weight excluding hydrogens is 238 g/mol. The third kappa shape index (κ3) is 1.27. The van der Waals surface area contributed by atoms with Gasteiger partial charge in [0.2, 0.25) is 0 Å². The van der Waals surface area contributed by atoms with Crippen molar-refractivity contribution in [1.29, 1.82) is 0 Å². The average Bonchev–Trinajstić information content (AvgIpc) is 2.73. The molecule has 0 fully saturated rings. The summed E-state index contributed by atoms with van der Waals surface area (Å²) in [5.41, 5.74) is 4.49. The molecule has 3 aromatic rings. The molecule has 3 heteroatoms. The Morgan fingerprint density at radius 1 is 1.19 bits per heavy atom. The number of aromatic nitrogens is 1. The van der Waals surface area contributed by atoms with E-state index in [1.54, 1.807) is 11.3 Å². The number of hydrogen-bond acceptors (Lipinski definition) is 2. The predicted molar refractivity (Wildman–Crippen MR) is 71.6 cm³/mol. The first-order chi connectivity index (χ1) is 7.68. The van der Waals surface area contributed by atoms with Crippen LogP contribution in [0.25, 0.3) is 21.1 Å². The van der Waals surface area contributed by atoms with E-state index in [0.29, 0.717) is 0 Å². The summed E-state index contributed by atoms with van der Waals surface area (Å²) in [5, 5.41) is 3.92. The van der Waals surface area contributed by atoms with Gasteiger partial charge in [0.25, 0.3) is 0 Å². The Morgan fingerprint density at radius 2 is 2.00 bits per heavy atom. The average molecular weight is 248 g/mol. The highest BCUT2D eigenvalue weighted by Gasteiger charge is 2.10. The Hall–Kier alpha value is -1.12. The van der Waals surface area contributed by atoms with Crippen LogP contribution in [0.2, 0.25) is 5.02 Å². The van der Waals surface area contributed by atoms with Crippen LogP contribution in [0.4, 0.5) is 0 Å². The summed E-state index contributed by atoms with van der Waals surface area (Å²) in [7, 11) is 0. The minimum atomic E-state index is 0.832. The number of thiophene rings is 1. The molecule has 0 atom stereocenters.